The highest BCUT2D eigenvalue weighted by atomic mass is 35.5. The van der Waals surface area contributed by atoms with Gasteiger partial charge >= 0.3 is 0 Å². The fourth-order valence-electron chi connectivity index (χ4n) is 3.40. The molecule has 0 aliphatic heterocycles. The molecule has 6 nitrogen and oxygen atoms in total. The van der Waals surface area contributed by atoms with Gasteiger partial charge in [0, 0.05) is 28.4 Å². The summed E-state index contributed by atoms with van der Waals surface area (Å²) in [5.41, 5.74) is 3.67. The largest absolute Gasteiger partial charge is 0.495 e. The fourth-order valence-corrected chi connectivity index (χ4v) is 3.93. The summed E-state index contributed by atoms with van der Waals surface area (Å²) in [5.74, 6) is 0.541. The molecule has 0 radical (unpaired) electrons. The number of anilines is 2. The van der Waals surface area contributed by atoms with Gasteiger partial charge in [0.25, 0.3) is 5.56 Å². The molecule has 31 heavy (non-hydrogen) atoms. The molecule has 0 aliphatic rings. The number of H-pyrrole nitrogens is 1. The second-order valence-electron chi connectivity index (χ2n) is 6.92. The molecule has 4 aromatic rings. The van der Waals surface area contributed by atoms with E-state index in [4.69, 9.17) is 27.9 Å². The maximum Gasteiger partial charge on any atom is 0.259 e. The van der Waals surface area contributed by atoms with E-state index in [1.54, 1.807) is 61.8 Å². The highest BCUT2D eigenvalue weighted by Gasteiger charge is 2.14. The Morgan fingerprint density at radius 2 is 1.87 bits per heavy atom. The standard InChI is InChI=1S/C23H19Cl2N3O3/c1-31-21-9-13(12-29)5-6-18(21)28-20-11-14(10-15-16(24)3-2-4-17(15)25)27-19-7-8-26-23(30)22(19)20/h2-9,11,29H,10,12H2,1H3,(H,26,30)(H,27,28). The lowest BCUT2D eigenvalue weighted by Gasteiger charge is -2.15. The number of halogens is 2. The molecule has 0 atom stereocenters. The number of fused-ring (bicyclic) bond motifs is 1. The molecule has 4 rings (SSSR count). The summed E-state index contributed by atoms with van der Waals surface area (Å²) >= 11 is 12.7. The first kappa shape index (κ1) is 21.2. The smallest absolute Gasteiger partial charge is 0.259 e. The summed E-state index contributed by atoms with van der Waals surface area (Å²) in [6.07, 6.45) is 1.96. The van der Waals surface area contributed by atoms with Gasteiger partial charge in [0.15, 0.2) is 0 Å². The van der Waals surface area contributed by atoms with E-state index in [1.165, 1.54) is 0 Å². The number of benzene rings is 2. The average Bonchev–Trinajstić information content (AvgIpc) is 2.76. The van der Waals surface area contributed by atoms with Gasteiger partial charge in [-0.15, -0.1) is 0 Å². The third-order valence-corrected chi connectivity index (χ3v) is 5.63. The number of hydrogen-bond donors (Lipinski definition) is 3. The number of hydrogen-bond acceptors (Lipinski definition) is 5. The Balaban J connectivity index is 1.83. The van der Waals surface area contributed by atoms with Gasteiger partial charge < -0.3 is 20.1 Å². The van der Waals surface area contributed by atoms with Crippen molar-refractivity contribution < 1.29 is 9.84 Å². The number of aliphatic hydroxyl groups excluding tert-OH is 1. The van der Waals surface area contributed by atoms with Crippen molar-refractivity contribution in [3.05, 3.63) is 91.9 Å². The Morgan fingerprint density at radius 3 is 2.58 bits per heavy atom. The highest BCUT2D eigenvalue weighted by molar-refractivity contribution is 6.36. The fraction of sp³-hybridized carbons (Fsp3) is 0.130. The number of aliphatic hydroxyl groups is 1. The summed E-state index contributed by atoms with van der Waals surface area (Å²) in [7, 11) is 1.55. The predicted molar refractivity (Wildman–Crippen MR) is 124 cm³/mol. The third-order valence-electron chi connectivity index (χ3n) is 4.92. The van der Waals surface area contributed by atoms with E-state index < -0.39 is 0 Å². The Hall–Kier alpha value is -3.06. The minimum atomic E-state index is -0.263. The number of methoxy groups -OCH3 is 1. The number of nitrogens with zero attached hydrogens (tertiary/aromatic N) is 1. The minimum Gasteiger partial charge on any atom is -0.495 e. The molecule has 0 bridgehead atoms. The number of rotatable bonds is 6. The van der Waals surface area contributed by atoms with Crippen LogP contribution in [0.1, 0.15) is 16.8 Å². The van der Waals surface area contributed by atoms with Gasteiger partial charge in [-0.1, -0.05) is 35.3 Å². The molecule has 2 aromatic heterocycles. The molecular weight excluding hydrogens is 437 g/mol. The number of pyridine rings is 2. The van der Waals surface area contributed by atoms with Gasteiger partial charge in [-0.3, -0.25) is 9.78 Å². The van der Waals surface area contributed by atoms with Crippen LogP contribution >= 0.6 is 23.2 Å². The number of aromatic amines is 1. The lowest BCUT2D eigenvalue weighted by molar-refractivity contribution is 0.281. The second kappa shape index (κ2) is 8.98. The molecule has 2 aromatic carbocycles. The monoisotopic (exact) mass is 455 g/mol. The molecule has 8 heteroatoms. The van der Waals surface area contributed by atoms with Crippen molar-refractivity contribution in [3.8, 4) is 5.75 Å². The second-order valence-corrected chi connectivity index (χ2v) is 7.74. The van der Waals surface area contributed by atoms with Gasteiger partial charge in [0.2, 0.25) is 0 Å². The Morgan fingerprint density at radius 1 is 1.10 bits per heavy atom. The molecule has 0 amide bonds. The molecule has 158 valence electrons. The first-order chi connectivity index (χ1) is 15.0. The van der Waals surface area contributed by atoms with Gasteiger partial charge in [0.05, 0.1) is 36.0 Å². The summed E-state index contributed by atoms with van der Waals surface area (Å²) in [6.45, 7) is -0.1000. The summed E-state index contributed by atoms with van der Waals surface area (Å²) in [6, 6.07) is 14.2. The number of aromatic nitrogens is 2. The maximum atomic E-state index is 12.6. The van der Waals surface area contributed by atoms with Crippen molar-refractivity contribution in [2.45, 2.75) is 13.0 Å². The Labute approximate surface area is 188 Å². The van der Waals surface area contributed by atoms with E-state index in [1.807, 2.05) is 0 Å². The van der Waals surface area contributed by atoms with E-state index >= 15 is 0 Å². The molecule has 2 heterocycles. The van der Waals surface area contributed by atoms with Crippen molar-refractivity contribution in [1.29, 1.82) is 0 Å². The molecule has 0 aliphatic carbocycles. The van der Waals surface area contributed by atoms with Crippen LogP contribution in [0.4, 0.5) is 11.4 Å². The number of ether oxygens (including phenoxy) is 1. The molecule has 0 saturated carbocycles. The van der Waals surface area contributed by atoms with Gasteiger partial charge in [-0.25, -0.2) is 0 Å². The van der Waals surface area contributed by atoms with Crippen LogP contribution in [0.5, 0.6) is 5.75 Å². The topological polar surface area (TPSA) is 87.2 Å². The normalized spacial score (nSPS) is 11.0. The van der Waals surface area contributed by atoms with Crippen molar-refractivity contribution in [2.24, 2.45) is 0 Å². The van der Waals surface area contributed by atoms with Crippen LogP contribution in [0, 0.1) is 0 Å². The molecule has 0 saturated heterocycles. The first-order valence-corrected chi connectivity index (χ1v) is 10.2. The van der Waals surface area contributed by atoms with Crippen molar-refractivity contribution in [1.82, 2.24) is 9.97 Å². The molecule has 3 N–H and O–H groups in total. The maximum absolute atomic E-state index is 12.6. The van der Waals surface area contributed by atoms with Gasteiger partial charge in [0.1, 0.15) is 5.75 Å². The van der Waals surface area contributed by atoms with Crippen LogP contribution in [-0.2, 0) is 13.0 Å². The van der Waals surface area contributed by atoms with Crippen LogP contribution < -0.4 is 15.6 Å². The minimum absolute atomic E-state index is 0.1000. The van der Waals surface area contributed by atoms with E-state index in [0.717, 1.165) is 5.56 Å². The molecular formula is C23H19Cl2N3O3. The predicted octanol–water partition coefficient (Wildman–Crippen LogP) is 5.07. The first-order valence-electron chi connectivity index (χ1n) is 9.49. The summed E-state index contributed by atoms with van der Waals surface area (Å²) in [5, 5.41) is 14.2. The third kappa shape index (κ3) is 4.37. The Kier molecular flexibility index (Phi) is 6.13. The van der Waals surface area contributed by atoms with Crippen molar-refractivity contribution in [3.63, 3.8) is 0 Å². The zero-order chi connectivity index (χ0) is 22.0. The lowest BCUT2D eigenvalue weighted by atomic mass is 10.1. The average molecular weight is 456 g/mol. The van der Waals surface area contributed by atoms with Crippen LogP contribution in [0.3, 0.4) is 0 Å². The molecule has 0 spiro atoms. The summed E-state index contributed by atoms with van der Waals surface area (Å²) < 4.78 is 5.45. The highest BCUT2D eigenvalue weighted by Crippen LogP contribution is 2.33. The van der Waals surface area contributed by atoms with Crippen LogP contribution in [0.25, 0.3) is 10.9 Å². The summed E-state index contributed by atoms with van der Waals surface area (Å²) in [4.78, 5) is 19.9. The lowest BCUT2D eigenvalue weighted by Crippen LogP contribution is -2.10. The van der Waals surface area contributed by atoms with Gasteiger partial charge in [-0.05, 0) is 47.5 Å². The van der Waals surface area contributed by atoms with E-state index in [-0.39, 0.29) is 12.2 Å². The SMILES string of the molecule is COc1cc(CO)ccc1Nc1cc(Cc2c(Cl)cccc2Cl)nc2cc[nH]c(=O)c12. The van der Waals surface area contributed by atoms with Crippen molar-refractivity contribution in [2.75, 3.05) is 12.4 Å². The van der Waals surface area contributed by atoms with Crippen molar-refractivity contribution >= 4 is 45.5 Å². The van der Waals surface area contributed by atoms with Crippen LogP contribution in [0.2, 0.25) is 10.0 Å². The van der Waals surface area contributed by atoms with E-state index in [2.05, 4.69) is 15.3 Å². The van der Waals surface area contributed by atoms with E-state index in [9.17, 15) is 9.90 Å². The van der Waals surface area contributed by atoms with E-state index in [0.29, 0.717) is 55.8 Å². The Bertz CT molecular complexity index is 1300. The molecule has 0 fully saturated rings. The zero-order valence-electron chi connectivity index (χ0n) is 16.6. The van der Waals surface area contributed by atoms with Crippen LogP contribution in [-0.4, -0.2) is 22.2 Å². The number of nitrogens with one attached hydrogen (secondary N) is 2. The quantitative estimate of drug-likeness (QED) is 0.377. The molecule has 0 unspecified atom stereocenters. The van der Waals surface area contributed by atoms with Gasteiger partial charge in [-0.2, -0.15) is 0 Å². The zero-order valence-corrected chi connectivity index (χ0v) is 18.1. The van der Waals surface area contributed by atoms with Crippen LogP contribution in [0.15, 0.2) is 59.5 Å².